The summed E-state index contributed by atoms with van der Waals surface area (Å²) in [5, 5.41) is 13.3. The second-order valence-electron chi connectivity index (χ2n) is 3.94. The molecule has 96 valence electrons. The number of hydrogen-bond acceptors (Lipinski definition) is 2. The van der Waals surface area contributed by atoms with Crippen molar-refractivity contribution in [1.82, 2.24) is 0 Å². The summed E-state index contributed by atoms with van der Waals surface area (Å²) in [5.74, 6) is 0. The molecule has 0 heterocycles. The van der Waals surface area contributed by atoms with Crippen LogP contribution < -0.4 is 5.32 Å². The molecule has 0 amide bonds. The molecule has 2 nitrogen and oxygen atoms in total. The Morgan fingerprint density at radius 1 is 1.11 bits per heavy atom. The highest BCUT2D eigenvalue weighted by Crippen LogP contribution is 2.25. The molecule has 0 saturated heterocycles. The van der Waals surface area contributed by atoms with Crippen molar-refractivity contribution in [3.05, 3.63) is 62.0 Å². The summed E-state index contributed by atoms with van der Waals surface area (Å²) in [5.41, 5.74) is 2.52. The van der Waals surface area contributed by atoms with E-state index in [0.717, 1.165) is 15.7 Å². The quantitative estimate of drug-likeness (QED) is 0.817. The molecule has 19 heavy (non-hydrogen) atoms. The molecule has 2 aromatic rings. The normalized spacial score (nSPS) is 10.0. The Kier molecular flexibility index (Phi) is 4.71. The molecule has 0 fully saturated rings. The summed E-state index contributed by atoms with van der Waals surface area (Å²) in [6.45, 7) is 0.602. The van der Waals surface area contributed by atoms with Gasteiger partial charge in [-0.15, -0.1) is 0 Å². The molecule has 1 N–H and O–H groups in total. The summed E-state index contributed by atoms with van der Waals surface area (Å²) in [6, 6.07) is 12.9. The maximum atomic E-state index is 8.80. The molecule has 0 aliphatic rings. The lowest BCUT2D eigenvalue weighted by atomic mass is 10.2. The molecule has 2 rings (SSSR count). The van der Waals surface area contributed by atoms with E-state index >= 15 is 0 Å². The van der Waals surface area contributed by atoms with Crippen LogP contribution in [0.1, 0.15) is 11.1 Å². The fourth-order valence-electron chi connectivity index (χ4n) is 1.64. The van der Waals surface area contributed by atoms with Gasteiger partial charge in [0, 0.05) is 26.8 Å². The van der Waals surface area contributed by atoms with E-state index in [-0.39, 0.29) is 0 Å². The Morgan fingerprint density at radius 3 is 2.37 bits per heavy atom. The van der Waals surface area contributed by atoms with Gasteiger partial charge in [-0.3, -0.25) is 0 Å². The summed E-state index contributed by atoms with van der Waals surface area (Å²) in [6.07, 6.45) is 0. The van der Waals surface area contributed by atoms with Crippen molar-refractivity contribution in [1.29, 1.82) is 5.26 Å². The first kappa shape index (κ1) is 14.2. The molecule has 5 heteroatoms. The third-order valence-electron chi connectivity index (χ3n) is 2.50. The minimum atomic E-state index is 0.602. The van der Waals surface area contributed by atoms with Gasteiger partial charge in [0.25, 0.3) is 0 Å². The minimum absolute atomic E-state index is 0.602. The lowest BCUT2D eigenvalue weighted by molar-refractivity contribution is 1.15. The second kappa shape index (κ2) is 6.29. The third-order valence-corrected chi connectivity index (χ3v) is 3.60. The van der Waals surface area contributed by atoms with Crippen LogP contribution in [0.4, 0.5) is 5.69 Å². The van der Waals surface area contributed by atoms with Crippen molar-refractivity contribution in [2.75, 3.05) is 5.32 Å². The average Bonchev–Trinajstić information content (AvgIpc) is 2.36. The molecule has 2 aromatic carbocycles. The predicted octanol–water partition coefficient (Wildman–Crippen LogP) is 5.24. The Hall–Kier alpha value is -1.21. The molecule has 0 spiro atoms. The Bertz CT molecular complexity index is 630. The van der Waals surface area contributed by atoms with Crippen LogP contribution in [0.5, 0.6) is 0 Å². The molecule has 0 saturated carbocycles. The predicted molar refractivity (Wildman–Crippen MR) is 82.6 cm³/mol. The highest BCUT2D eigenvalue weighted by Gasteiger charge is 2.02. The van der Waals surface area contributed by atoms with Gasteiger partial charge >= 0.3 is 0 Å². The van der Waals surface area contributed by atoms with E-state index in [2.05, 4.69) is 27.3 Å². The number of nitrogens with zero attached hydrogens (tertiary/aromatic N) is 1. The zero-order chi connectivity index (χ0) is 13.8. The number of hydrogen-bond donors (Lipinski definition) is 1. The van der Waals surface area contributed by atoms with E-state index in [1.165, 1.54) is 0 Å². The average molecular weight is 356 g/mol. The molecule has 0 bridgehead atoms. The zero-order valence-corrected chi connectivity index (χ0v) is 12.9. The number of rotatable bonds is 3. The van der Waals surface area contributed by atoms with Crippen molar-refractivity contribution < 1.29 is 0 Å². The van der Waals surface area contributed by atoms with Crippen molar-refractivity contribution in [3.63, 3.8) is 0 Å². The first-order valence-electron chi connectivity index (χ1n) is 5.47. The maximum Gasteiger partial charge on any atom is 0.0992 e. The van der Waals surface area contributed by atoms with Gasteiger partial charge in [0.05, 0.1) is 11.6 Å². The Labute approximate surface area is 130 Å². The van der Waals surface area contributed by atoms with Gasteiger partial charge in [-0.1, -0.05) is 23.2 Å². The molecule has 0 aliphatic carbocycles. The Balaban J connectivity index is 2.12. The van der Waals surface area contributed by atoms with Crippen molar-refractivity contribution >= 4 is 44.8 Å². The van der Waals surface area contributed by atoms with Crippen molar-refractivity contribution in [3.8, 4) is 6.07 Å². The monoisotopic (exact) mass is 354 g/mol. The van der Waals surface area contributed by atoms with E-state index < -0.39 is 0 Å². The van der Waals surface area contributed by atoms with Crippen LogP contribution in [0.2, 0.25) is 10.0 Å². The second-order valence-corrected chi connectivity index (χ2v) is 5.66. The fourth-order valence-corrected chi connectivity index (χ4v) is 2.73. The Morgan fingerprint density at radius 2 is 1.79 bits per heavy atom. The molecular weight excluding hydrogens is 347 g/mol. The van der Waals surface area contributed by atoms with Gasteiger partial charge in [-0.25, -0.2) is 0 Å². The van der Waals surface area contributed by atoms with E-state index in [1.54, 1.807) is 18.2 Å². The highest BCUT2D eigenvalue weighted by atomic mass is 79.9. The van der Waals surface area contributed by atoms with Crippen molar-refractivity contribution in [2.45, 2.75) is 6.54 Å². The fraction of sp³-hybridized carbons (Fsp3) is 0.0714. The molecule has 0 atom stereocenters. The smallest absolute Gasteiger partial charge is 0.0992 e. The minimum Gasteiger partial charge on any atom is -0.380 e. The van der Waals surface area contributed by atoms with Crippen LogP contribution in [-0.2, 0) is 6.54 Å². The van der Waals surface area contributed by atoms with E-state index in [1.807, 2.05) is 18.2 Å². The number of anilines is 1. The van der Waals surface area contributed by atoms with Gasteiger partial charge in [-0.2, -0.15) is 5.26 Å². The zero-order valence-electron chi connectivity index (χ0n) is 9.75. The van der Waals surface area contributed by atoms with Crippen molar-refractivity contribution in [2.24, 2.45) is 0 Å². The SMILES string of the molecule is N#Cc1ccc(NCc2cc(Cl)cc(Cl)c2)c(Br)c1. The van der Waals surface area contributed by atoms with Crippen LogP contribution in [0, 0.1) is 11.3 Å². The summed E-state index contributed by atoms with van der Waals surface area (Å²) in [4.78, 5) is 0. The highest BCUT2D eigenvalue weighted by molar-refractivity contribution is 9.10. The van der Waals surface area contributed by atoms with Gasteiger partial charge in [-0.05, 0) is 57.9 Å². The molecule has 0 radical (unpaired) electrons. The maximum absolute atomic E-state index is 8.80. The van der Waals surface area contributed by atoms with Crippen LogP contribution in [0.15, 0.2) is 40.9 Å². The van der Waals surface area contributed by atoms with Crippen LogP contribution in [-0.4, -0.2) is 0 Å². The topological polar surface area (TPSA) is 35.8 Å². The number of nitriles is 1. The van der Waals surface area contributed by atoms with Gasteiger partial charge < -0.3 is 5.32 Å². The molecule has 0 unspecified atom stereocenters. The van der Waals surface area contributed by atoms with Gasteiger partial charge in [0.15, 0.2) is 0 Å². The molecular formula is C14H9BrCl2N2. The van der Waals surface area contributed by atoms with E-state index in [9.17, 15) is 0 Å². The van der Waals surface area contributed by atoms with Crippen LogP contribution in [0.3, 0.4) is 0 Å². The third kappa shape index (κ3) is 3.87. The van der Waals surface area contributed by atoms with Gasteiger partial charge in [0.2, 0.25) is 0 Å². The van der Waals surface area contributed by atoms with Crippen LogP contribution in [0.25, 0.3) is 0 Å². The molecule has 0 aliphatic heterocycles. The lowest BCUT2D eigenvalue weighted by Gasteiger charge is -2.09. The van der Waals surface area contributed by atoms with E-state index in [0.29, 0.717) is 22.2 Å². The lowest BCUT2D eigenvalue weighted by Crippen LogP contribution is -2.00. The van der Waals surface area contributed by atoms with E-state index in [4.69, 9.17) is 28.5 Å². The largest absolute Gasteiger partial charge is 0.380 e. The first-order valence-corrected chi connectivity index (χ1v) is 7.02. The first-order chi connectivity index (χ1) is 9.08. The van der Waals surface area contributed by atoms with Gasteiger partial charge in [0.1, 0.15) is 0 Å². The molecule has 0 aromatic heterocycles. The number of benzene rings is 2. The summed E-state index contributed by atoms with van der Waals surface area (Å²) >= 11 is 15.3. The number of halogens is 3. The standard InChI is InChI=1S/C14H9BrCl2N2/c15-13-5-9(7-18)1-2-14(13)19-8-10-3-11(16)6-12(17)4-10/h1-6,19H,8H2. The summed E-state index contributed by atoms with van der Waals surface area (Å²) in [7, 11) is 0. The summed E-state index contributed by atoms with van der Waals surface area (Å²) < 4.78 is 0.847. The number of nitrogens with one attached hydrogen (secondary N) is 1. The van der Waals surface area contributed by atoms with Crippen LogP contribution >= 0.6 is 39.1 Å².